The number of carbonyl (C=O) groups is 2. The predicted molar refractivity (Wildman–Crippen MR) is 76.4 cm³/mol. The van der Waals surface area contributed by atoms with Gasteiger partial charge < -0.3 is 25.5 Å². The second kappa shape index (κ2) is 7.37. The summed E-state index contributed by atoms with van der Waals surface area (Å²) >= 11 is 0. The normalized spacial score (nSPS) is 11.7. The molecule has 116 valence electrons. The van der Waals surface area contributed by atoms with Crippen LogP contribution in [0.1, 0.15) is 19.4 Å². The third kappa shape index (κ3) is 4.55. The highest BCUT2D eigenvalue weighted by atomic mass is 16.4. The highest BCUT2D eigenvalue weighted by Crippen LogP contribution is 2.25. The van der Waals surface area contributed by atoms with E-state index in [2.05, 4.69) is 5.32 Å². The number of carboxylic acid groups (broad SMARTS) is 1. The Hall–Kier alpha value is -2.44. The van der Waals surface area contributed by atoms with Crippen molar-refractivity contribution in [3.63, 3.8) is 0 Å². The number of rotatable bonds is 6. The Balaban J connectivity index is 2.80. The van der Waals surface area contributed by atoms with Crippen molar-refractivity contribution in [1.82, 2.24) is 10.2 Å². The standard InChI is InChI=1S/C14H20N2O5/c1-3-16(4-2)14(21)15-10(13(19)20)7-9-5-6-11(17)12(18)8-9/h5-6,8,10,17-18H,3-4,7H2,1-2H3,(H,15,21)(H,19,20). The van der Waals surface area contributed by atoms with Gasteiger partial charge in [-0.05, 0) is 31.5 Å². The van der Waals surface area contributed by atoms with Crippen molar-refractivity contribution in [1.29, 1.82) is 0 Å². The molecule has 1 aromatic rings. The summed E-state index contributed by atoms with van der Waals surface area (Å²) in [6.07, 6.45) is 0.0101. The fourth-order valence-corrected chi connectivity index (χ4v) is 1.88. The zero-order chi connectivity index (χ0) is 16.0. The highest BCUT2D eigenvalue weighted by molar-refractivity contribution is 5.82. The Labute approximate surface area is 122 Å². The highest BCUT2D eigenvalue weighted by Gasteiger charge is 2.22. The van der Waals surface area contributed by atoms with Crippen molar-refractivity contribution in [2.24, 2.45) is 0 Å². The number of benzene rings is 1. The lowest BCUT2D eigenvalue weighted by atomic mass is 10.1. The number of phenols is 2. The van der Waals surface area contributed by atoms with Gasteiger partial charge in [0, 0.05) is 19.5 Å². The number of nitrogens with zero attached hydrogens (tertiary/aromatic N) is 1. The Morgan fingerprint density at radius 3 is 2.29 bits per heavy atom. The Bertz CT molecular complexity index is 514. The average molecular weight is 296 g/mol. The first-order chi connectivity index (χ1) is 9.88. The molecule has 21 heavy (non-hydrogen) atoms. The zero-order valence-corrected chi connectivity index (χ0v) is 12.0. The lowest BCUT2D eigenvalue weighted by Gasteiger charge is -2.22. The lowest BCUT2D eigenvalue weighted by Crippen LogP contribution is -2.48. The monoisotopic (exact) mass is 296 g/mol. The summed E-state index contributed by atoms with van der Waals surface area (Å²) in [7, 11) is 0. The molecule has 0 radical (unpaired) electrons. The average Bonchev–Trinajstić information content (AvgIpc) is 2.43. The summed E-state index contributed by atoms with van der Waals surface area (Å²) in [5.41, 5.74) is 0.498. The molecule has 0 aromatic heterocycles. The number of aromatic hydroxyl groups is 2. The second-order valence-corrected chi connectivity index (χ2v) is 4.54. The SMILES string of the molecule is CCN(CC)C(=O)NC(Cc1ccc(O)c(O)c1)C(=O)O. The van der Waals surface area contributed by atoms with E-state index in [0.717, 1.165) is 0 Å². The van der Waals surface area contributed by atoms with Crippen LogP contribution in [0.2, 0.25) is 0 Å². The number of carboxylic acids is 1. The first-order valence-electron chi connectivity index (χ1n) is 6.68. The summed E-state index contributed by atoms with van der Waals surface area (Å²) in [6, 6.07) is 2.48. The maximum Gasteiger partial charge on any atom is 0.326 e. The number of aliphatic carboxylic acids is 1. The first-order valence-corrected chi connectivity index (χ1v) is 6.68. The summed E-state index contributed by atoms with van der Waals surface area (Å²) in [4.78, 5) is 24.6. The summed E-state index contributed by atoms with van der Waals surface area (Å²) in [5, 5.41) is 30.3. The van der Waals surface area contributed by atoms with Crippen LogP contribution in [0.5, 0.6) is 11.5 Å². The van der Waals surface area contributed by atoms with Crippen molar-refractivity contribution < 1.29 is 24.9 Å². The molecule has 0 saturated heterocycles. The van der Waals surface area contributed by atoms with E-state index in [0.29, 0.717) is 18.7 Å². The van der Waals surface area contributed by atoms with E-state index in [9.17, 15) is 24.9 Å². The largest absolute Gasteiger partial charge is 0.504 e. The Morgan fingerprint density at radius 2 is 1.81 bits per heavy atom. The molecule has 0 saturated carbocycles. The molecule has 7 nitrogen and oxygen atoms in total. The molecule has 0 aliphatic rings. The van der Waals surface area contributed by atoms with Crippen molar-refractivity contribution in [2.75, 3.05) is 13.1 Å². The van der Waals surface area contributed by atoms with Crippen LogP contribution in [0, 0.1) is 0 Å². The molecule has 4 N–H and O–H groups in total. The number of phenolic OH excluding ortho intramolecular Hbond substituents is 2. The summed E-state index contributed by atoms with van der Waals surface area (Å²) < 4.78 is 0. The van der Waals surface area contributed by atoms with E-state index in [1.54, 1.807) is 13.8 Å². The minimum absolute atomic E-state index is 0.0101. The van der Waals surface area contributed by atoms with Crippen LogP contribution < -0.4 is 5.32 Å². The fourth-order valence-electron chi connectivity index (χ4n) is 1.88. The number of amides is 2. The molecular formula is C14H20N2O5. The van der Waals surface area contributed by atoms with Gasteiger partial charge in [-0.1, -0.05) is 6.07 Å². The number of nitrogens with one attached hydrogen (secondary N) is 1. The first kappa shape index (κ1) is 16.6. The maximum absolute atomic E-state index is 11.9. The minimum Gasteiger partial charge on any atom is -0.504 e. The molecule has 0 aliphatic heterocycles. The number of carbonyl (C=O) groups excluding carboxylic acids is 1. The quantitative estimate of drug-likeness (QED) is 0.588. The summed E-state index contributed by atoms with van der Waals surface area (Å²) in [5.74, 6) is -1.77. The molecule has 1 aromatic carbocycles. The summed E-state index contributed by atoms with van der Waals surface area (Å²) in [6.45, 7) is 4.57. The van der Waals surface area contributed by atoms with Gasteiger partial charge >= 0.3 is 12.0 Å². The van der Waals surface area contributed by atoms with E-state index in [1.165, 1.54) is 23.1 Å². The molecule has 2 amide bonds. The predicted octanol–water partition coefficient (Wildman–Crippen LogP) is 1.14. The number of hydrogen-bond donors (Lipinski definition) is 4. The van der Waals surface area contributed by atoms with E-state index >= 15 is 0 Å². The van der Waals surface area contributed by atoms with E-state index in [4.69, 9.17) is 0 Å². The molecule has 0 bridgehead atoms. The van der Waals surface area contributed by atoms with Gasteiger partial charge in [0.1, 0.15) is 6.04 Å². The Morgan fingerprint density at radius 1 is 1.19 bits per heavy atom. The minimum atomic E-state index is -1.16. The van der Waals surface area contributed by atoms with Crippen LogP contribution in [0.3, 0.4) is 0 Å². The van der Waals surface area contributed by atoms with Crippen molar-refractivity contribution in [3.8, 4) is 11.5 Å². The van der Waals surface area contributed by atoms with Crippen molar-refractivity contribution in [2.45, 2.75) is 26.3 Å². The smallest absolute Gasteiger partial charge is 0.326 e. The molecule has 1 unspecified atom stereocenters. The zero-order valence-electron chi connectivity index (χ0n) is 12.0. The molecule has 0 heterocycles. The topological polar surface area (TPSA) is 110 Å². The van der Waals surface area contributed by atoms with Gasteiger partial charge in [0.25, 0.3) is 0 Å². The third-order valence-electron chi connectivity index (χ3n) is 3.13. The van der Waals surface area contributed by atoms with Crippen molar-refractivity contribution in [3.05, 3.63) is 23.8 Å². The van der Waals surface area contributed by atoms with Gasteiger partial charge in [0.05, 0.1) is 0 Å². The van der Waals surface area contributed by atoms with Crippen LogP contribution in [-0.4, -0.2) is 51.4 Å². The Kier molecular flexibility index (Phi) is 5.83. The number of hydrogen-bond acceptors (Lipinski definition) is 4. The van der Waals surface area contributed by atoms with E-state index < -0.39 is 18.0 Å². The molecule has 0 spiro atoms. The second-order valence-electron chi connectivity index (χ2n) is 4.54. The molecule has 7 heteroatoms. The maximum atomic E-state index is 11.9. The van der Waals surface area contributed by atoms with Crippen molar-refractivity contribution >= 4 is 12.0 Å². The van der Waals surface area contributed by atoms with Crippen LogP contribution in [0.4, 0.5) is 4.79 Å². The molecular weight excluding hydrogens is 276 g/mol. The van der Waals surface area contributed by atoms with Gasteiger partial charge in [-0.25, -0.2) is 9.59 Å². The van der Waals surface area contributed by atoms with Crippen LogP contribution in [0.25, 0.3) is 0 Å². The van der Waals surface area contributed by atoms with Crippen LogP contribution in [0.15, 0.2) is 18.2 Å². The van der Waals surface area contributed by atoms with Gasteiger partial charge in [0.15, 0.2) is 11.5 Å². The van der Waals surface area contributed by atoms with Gasteiger partial charge in [-0.2, -0.15) is 0 Å². The van der Waals surface area contributed by atoms with Gasteiger partial charge in [-0.15, -0.1) is 0 Å². The fraction of sp³-hybridized carbons (Fsp3) is 0.429. The number of urea groups is 1. The van der Waals surface area contributed by atoms with E-state index in [-0.39, 0.29) is 17.9 Å². The molecule has 0 aliphatic carbocycles. The lowest BCUT2D eigenvalue weighted by molar-refractivity contribution is -0.139. The molecule has 0 fully saturated rings. The third-order valence-corrected chi connectivity index (χ3v) is 3.13. The van der Waals surface area contributed by atoms with Gasteiger partial charge in [0.2, 0.25) is 0 Å². The van der Waals surface area contributed by atoms with Crippen LogP contribution in [-0.2, 0) is 11.2 Å². The molecule has 1 rings (SSSR count). The molecule has 1 atom stereocenters. The van der Waals surface area contributed by atoms with Crippen LogP contribution >= 0.6 is 0 Å². The van der Waals surface area contributed by atoms with E-state index in [1.807, 2.05) is 0 Å². The van der Waals surface area contributed by atoms with Gasteiger partial charge in [-0.3, -0.25) is 0 Å².